The van der Waals surface area contributed by atoms with E-state index in [1.807, 2.05) is 0 Å². The standard InChI is InChI=1S/C23H13F3N4O2/c1-11-29-21-15(23(31)32)9-12(13-5-7-28-22(26)19(13)25)10-18(21)30(11)17-6-8-27-20-14(17)3-2-4-16(20)24/h2-10H,1H3,(H,31,32). The molecule has 0 saturated heterocycles. The highest BCUT2D eigenvalue weighted by atomic mass is 19.2. The van der Waals surface area contributed by atoms with Gasteiger partial charge < -0.3 is 5.11 Å². The van der Waals surface area contributed by atoms with Gasteiger partial charge in [-0.25, -0.2) is 23.5 Å². The van der Waals surface area contributed by atoms with Crippen LogP contribution >= 0.6 is 0 Å². The number of nitrogens with zero attached hydrogens (tertiary/aromatic N) is 4. The van der Waals surface area contributed by atoms with Crippen molar-refractivity contribution in [2.75, 3.05) is 0 Å². The van der Waals surface area contributed by atoms with Crippen LogP contribution in [0.15, 0.2) is 54.9 Å². The molecule has 158 valence electrons. The number of rotatable bonds is 3. The zero-order valence-corrected chi connectivity index (χ0v) is 16.5. The van der Waals surface area contributed by atoms with E-state index in [2.05, 4.69) is 15.0 Å². The second-order valence-corrected chi connectivity index (χ2v) is 7.12. The minimum absolute atomic E-state index is 0.138. The lowest BCUT2D eigenvalue weighted by atomic mass is 10.0. The number of carboxylic acid groups (broad SMARTS) is 1. The van der Waals surface area contributed by atoms with Crippen LogP contribution in [0.1, 0.15) is 16.2 Å². The number of aryl methyl sites for hydroxylation is 1. The van der Waals surface area contributed by atoms with Gasteiger partial charge in [0.25, 0.3) is 0 Å². The van der Waals surface area contributed by atoms with Crippen LogP contribution in [-0.2, 0) is 0 Å². The molecule has 5 aromatic rings. The smallest absolute Gasteiger partial charge is 0.337 e. The van der Waals surface area contributed by atoms with Crippen LogP contribution < -0.4 is 0 Å². The Morgan fingerprint density at radius 1 is 1.00 bits per heavy atom. The number of aromatic nitrogens is 4. The highest BCUT2D eigenvalue weighted by Gasteiger charge is 2.22. The Balaban J connectivity index is 1.89. The van der Waals surface area contributed by atoms with Crippen LogP contribution in [0.4, 0.5) is 13.2 Å². The van der Waals surface area contributed by atoms with Crippen molar-refractivity contribution >= 4 is 27.9 Å². The van der Waals surface area contributed by atoms with E-state index in [0.717, 1.165) is 6.20 Å². The second-order valence-electron chi connectivity index (χ2n) is 7.12. The molecule has 0 radical (unpaired) electrons. The minimum Gasteiger partial charge on any atom is -0.478 e. The number of hydrogen-bond acceptors (Lipinski definition) is 4. The Bertz CT molecular complexity index is 1560. The van der Waals surface area contributed by atoms with Gasteiger partial charge in [0.1, 0.15) is 22.7 Å². The highest BCUT2D eigenvalue weighted by molar-refractivity contribution is 6.04. The fourth-order valence-corrected chi connectivity index (χ4v) is 3.88. The number of fused-ring (bicyclic) bond motifs is 2. The summed E-state index contributed by atoms with van der Waals surface area (Å²) in [5.41, 5.74) is 0.978. The molecule has 0 atom stereocenters. The summed E-state index contributed by atoms with van der Waals surface area (Å²) in [5, 5.41) is 10.3. The number of imidazole rings is 1. The molecule has 5 rings (SSSR count). The maximum Gasteiger partial charge on any atom is 0.337 e. The van der Waals surface area contributed by atoms with Crippen LogP contribution in [0.2, 0.25) is 0 Å². The molecule has 0 amide bonds. The fraction of sp³-hybridized carbons (Fsp3) is 0.0435. The minimum atomic E-state index is -1.29. The van der Waals surface area contributed by atoms with Crippen LogP contribution in [0.25, 0.3) is 38.8 Å². The molecule has 3 aromatic heterocycles. The quantitative estimate of drug-likeness (QED) is 0.402. The van der Waals surface area contributed by atoms with Crippen LogP contribution in [0.5, 0.6) is 0 Å². The third-order valence-electron chi connectivity index (χ3n) is 5.26. The number of hydrogen-bond donors (Lipinski definition) is 1. The maximum absolute atomic E-state index is 14.4. The number of benzene rings is 2. The predicted molar refractivity (Wildman–Crippen MR) is 111 cm³/mol. The van der Waals surface area contributed by atoms with Crippen molar-refractivity contribution in [3.05, 3.63) is 83.8 Å². The summed E-state index contributed by atoms with van der Waals surface area (Å²) in [4.78, 5) is 23.7. The normalized spacial score (nSPS) is 11.4. The van der Waals surface area contributed by atoms with Gasteiger partial charge in [-0.1, -0.05) is 12.1 Å². The molecule has 3 heterocycles. The van der Waals surface area contributed by atoms with Crippen molar-refractivity contribution in [1.29, 1.82) is 0 Å². The van der Waals surface area contributed by atoms with E-state index in [1.54, 1.807) is 29.7 Å². The monoisotopic (exact) mass is 434 g/mol. The van der Waals surface area contributed by atoms with Gasteiger partial charge in [-0.15, -0.1) is 0 Å². The molecule has 0 aliphatic heterocycles. The summed E-state index contributed by atoms with van der Waals surface area (Å²) in [6, 6.07) is 10.2. The highest BCUT2D eigenvalue weighted by Crippen LogP contribution is 2.33. The Morgan fingerprint density at radius 2 is 1.78 bits per heavy atom. The van der Waals surface area contributed by atoms with Gasteiger partial charge in [0.05, 0.1) is 16.8 Å². The first-order valence-corrected chi connectivity index (χ1v) is 9.47. The summed E-state index contributed by atoms with van der Waals surface area (Å²) < 4.78 is 44.1. The molecule has 1 N–H and O–H groups in total. The Kier molecular flexibility index (Phi) is 4.40. The average molecular weight is 434 g/mol. The van der Waals surface area contributed by atoms with Crippen molar-refractivity contribution < 1.29 is 23.1 Å². The zero-order valence-electron chi connectivity index (χ0n) is 16.5. The van der Waals surface area contributed by atoms with Crippen molar-refractivity contribution in [3.8, 4) is 16.8 Å². The number of para-hydroxylation sites is 1. The molecular weight excluding hydrogens is 421 g/mol. The molecule has 2 aromatic carbocycles. The molecular formula is C23H13F3N4O2. The van der Waals surface area contributed by atoms with E-state index < -0.39 is 23.6 Å². The number of carbonyl (C=O) groups is 1. The first-order chi connectivity index (χ1) is 15.4. The molecule has 0 unspecified atom stereocenters. The Hall–Kier alpha value is -4.27. The summed E-state index contributed by atoms with van der Waals surface area (Å²) in [5.74, 6) is -3.84. The number of pyridine rings is 2. The molecule has 32 heavy (non-hydrogen) atoms. The number of aromatic carboxylic acids is 1. The van der Waals surface area contributed by atoms with Crippen LogP contribution in [0.3, 0.4) is 0 Å². The van der Waals surface area contributed by atoms with E-state index in [4.69, 9.17) is 0 Å². The third-order valence-corrected chi connectivity index (χ3v) is 5.26. The number of carboxylic acids is 1. The fourth-order valence-electron chi connectivity index (χ4n) is 3.88. The average Bonchev–Trinajstić information content (AvgIpc) is 3.10. The van der Waals surface area contributed by atoms with Gasteiger partial charge in [0.15, 0.2) is 5.82 Å². The van der Waals surface area contributed by atoms with Crippen molar-refractivity contribution in [1.82, 2.24) is 19.5 Å². The van der Waals surface area contributed by atoms with E-state index in [-0.39, 0.29) is 27.7 Å². The summed E-state index contributed by atoms with van der Waals surface area (Å²) in [6.45, 7) is 1.67. The van der Waals surface area contributed by atoms with Gasteiger partial charge in [-0.2, -0.15) is 4.39 Å². The molecule has 0 spiro atoms. The topological polar surface area (TPSA) is 80.9 Å². The van der Waals surface area contributed by atoms with Gasteiger partial charge in [0, 0.05) is 23.3 Å². The Labute approximate surface area is 178 Å². The summed E-state index contributed by atoms with van der Waals surface area (Å²) in [7, 11) is 0. The van der Waals surface area contributed by atoms with Crippen LogP contribution in [0, 0.1) is 24.5 Å². The first kappa shape index (κ1) is 19.7. The van der Waals surface area contributed by atoms with Gasteiger partial charge >= 0.3 is 5.97 Å². The van der Waals surface area contributed by atoms with Crippen LogP contribution in [-0.4, -0.2) is 30.6 Å². The predicted octanol–water partition coefficient (Wildman–Crippen LogP) is 5.06. The summed E-state index contributed by atoms with van der Waals surface area (Å²) in [6.07, 6.45) is 2.53. The molecule has 6 nitrogen and oxygen atoms in total. The van der Waals surface area contributed by atoms with Crippen molar-refractivity contribution in [2.24, 2.45) is 0 Å². The Morgan fingerprint density at radius 3 is 2.56 bits per heavy atom. The maximum atomic E-state index is 14.4. The molecule has 0 fully saturated rings. The third kappa shape index (κ3) is 2.89. The van der Waals surface area contributed by atoms with E-state index >= 15 is 0 Å². The molecule has 0 bridgehead atoms. The molecule has 0 aliphatic rings. The lowest BCUT2D eigenvalue weighted by molar-refractivity contribution is 0.0699. The van der Waals surface area contributed by atoms with Gasteiger partial charge in [0.2, 0.25) is 5.95 Å². The number of halogens is 3. The van der Waals surface area contributed by atoms with Crippen molar-refractivity contribution in [2.45, 2.75) is 6.92 Å². The molecule has 0 aliphatic carbocycles. The lowest BCUT2D eigenvalue weighted by Crippen LogP contribution is -2.02. The zero-order chi connectivity index (χ0) is 22.6. The van der Waals surface area contributed by atoms with Gasteiger partial charge in [-0.05, 0) is 42.8 Å². The van der Waals surface area contributed by atoms with E-state index in [9.17, 15) is 23.1 Å². The van der Waals surface area contributed by atoms with E-state index in [0.29, 0.717) is 22.4 Å². The van der Waals surface area contributed by atoms with E-state index in [1.165, 1.54) is 30.5 Å². The van der Waals surface area contributed by atoms with Gasteiger partial charge in [-0.3, -0.25) is 9.55 Å². The lowest BCUT2D eigenvalue weighted by Gasteiger charge is -2.12. The van der Waals surface area contributed by atoms with Crippen molar-refractivity contribution in [3.63, 3.8) is 0 Å². The molecule has 0 saturated carbocycles. The summed E-state index contributed by atoms with van der Waals surface area (Å²) >= 11 is 0. The second kappa shape index (κ2) is 7.16. The largest absolute Gasteiger partial charge is 0.478 e. The first-order valence-electron chi connectivity index (χ1n) is 9.47. The molecule has 9 heteroatoms. The SMILES string of the molecule is Cc1nc2c(C(=O)O)cc(-c3ccnc(F)c3F)cc2n1-c1ccnc2c(F)cccc12.